The monoisotopic (exact) mass is 319 g/mol. The van der Waals surface area contributed by atoms with Crippen molar-refractivity contribution in [2.45, 2.75) is 6.92 Å². The van der Waals surface area contributed by atoms with Gasteiger partial charge < -0.3 is 5.73 Å². The summed E-state index contributed by atoms with van der Waals surface area (Å²) in [5.41, 5.74) is 9.34. The summed E-state index contributed by atoms with van der Waals surface area (Å²) < 4.78 is 0. The first kappa shape index (κ1) is 13.8. The Morgan fingerprint density at radius 1 is 1.00 bits per heavy atom. The highest BCUT2D eigenvalue weighted by atomic mass is 32.1. The van der Waals surface area contributed by atoms with E-state index in [4.69, 9.17) is 5.73 Å². The molecule has 3 aromatic heterocycles. The fraction of sp³-hybridized carbons (Fsp3) is 0.0588. The minimum atomic E-state index is 0.400. The lowest BCUT2D eigenvalue weighted by atomic mass is 10.1. The summed E-state index contributed by atoms with van der Waals surface area (Å²) in [5, 5.41) is 2.05. The second-order valence-corrected chi connectivity index (χ2v) is 6.38. The van der Waals surface area contributed by atoms with Crippen molar-refractivity contribution in [2.24, 2.45) is 0 Å². The molecular formula is C17H13N5S. The van der Waals surface area contributed by atoms with Gasteiger partial charge in [-0.3, -0.25) is 9.97 Å². The first-order valence-electron chi connectivity index (χ1n) is 7.11. The summed E-state index contributed by atoms with van der Waals surface area (Å²) in [5.74, 6) is 0.400. The van der Waals surface area contributed by atoms with Crippen LogP contribution in [0.3, 0.4) is 0 Å². The first-order valence-corrected chi connectivity index (χ1v) is 7.93. The molecular weight excluding hydrogens is 306 g/mol. The molecule has 0 radical (unpaired) electrons. The molecule has 0 atom stereocenters. The van der Waals surface area contributed by atoms with E-state index in [-0.39, 0.29) is 0 Å². The van der Waals surface area contributed by atoms with Gasteiger partial charge in [0.05, 0.1) is 27.3 Å². The fourth-order valence-corrected chi connectivity index (χ4v) is 3.25. The third kappa shape index (κ3) is 2.53. The van der Waals surface area contributed by atoms with E-state index >= 15 is 0 Å². The molecule has 0 saturated heterocycles. The van der Waals surface area contributed by atoms with E-state index in [1.54, 1.807) is 23.7 Å². The third-order valence-corrected chi connectivity index (χ3v) is 4.44. The molecule has 0 aliphatic carbocycles. The maximum atomic E-state index is 5.84. The number of aryl methyl sites for hydroxylation is 1. The summed E-state index contributed by atoms with van der Waals surface area (Å²) in [6.07, 6.45) is 5.19. The molecule has 23 heavy (non-hydrogen) atoms. The number of nitrogens with two attached hydrogens (primary N) is 1. The Balaban J connectivity index is 1.93. The van der Waals surface area contributed by atoms with Crippen LogP contribution in [-0.2, 0) is 0 Å². The van der Waals surface area contributed by atoms with E-state index in [1.807, 2.05) is 37.4 Å². The molecule has 3 heterocycles. The second kappa shape index (κ2) is 5.40. The van der Waals surface area contributed by atoms with Gasteiger partial charge in [0, 0.05) is 23.3 Å². The first-order chi connectivity index (χ1) is 11.2. The van der Waals surface area contributed by atoms with Crippen LogP contribution >= 0.6 is 11.3 Å². The van der Waals surface area contributed by atoms with Crippen molar-refractivity contribution in [1.29, 1.82) is 0 Å². The van der Waals surface area contributed by atoms with E-state index in [0.717, 1.165) is 37.7 Å². The molecule has 0 fully saturated rings. The molecule has 4 rings (SSSR count). The van der Waals surface area contributed by atoms with Crippen LogP contribution in [0.15, 0.2) is 48.9 Å². The Kier molecular flexibility index (Phi) is 3.24. The molecule has 0 spiro atoms. The average Bonchev–Trinajstić information content (AvgIpc) is 3.01. The quantitative estimate of drug-likeness (QED) is 0.609. The van der Waals surface area contributed by atoms with Crippen LogP contribution in [0.5, 0.6) is 0 Å². The molecule has 0 saturated carbocycles. The van der Waals surface area contributed by atoms with Gasteiger partial charge in [0.15, 0.2) is 0 Å². The summed E-state index contributed by atoms with van der Waals surface area (Å²) in [6, 6.07) is 10.0. The van der Waals surface area contributed by atoms with Crippen molar-refractivity contribution in [3.05, 3.63) is 53.9 Å². The van der Waals surface area contributed by atoms with Crippen LogP contribution in [0.25, 0.3) is 32.7 Å². The van der Waals surface area contributed by atoms with Crippen LogP contribution in [0.1, 0.15) is 5.01 Å². The van der Waals surface area contributed by atoms with E-state index in [2.05, 4.69) is 26.0 Å². The van der Waals surface area contributed by atoms with Gasteiger partial charge in [-0.2, -0.15) is 0 Å². The number of pyridine rings is 1. The van der Waals surface area contributed by atoms with Crippen LogP contribution in [-0.4, -0.2) is 19.9 Å². The van der Waals surface area contributed by atoms with Crippen molar-refractivity contribution in [3.63, 3.8) is 0 Å². The highest BCUT2D eigenvalue weighted by Crippen LogP contribution is 2.33. The van der Waals surface area contributed by atoms with Crippen molar-refractivity contribution < 1.29 is 0 Å². The number of thiazole rings is 1. The van der Waals surface area contributed by atoms with Crippen LogP contribution in [0.2, 0.25) is 0 Å². The predicted octanol–water partition coefficient (Wildman–Crippen LogP) is 3.71. The molecule has 0 unspecified atom stereocenters. The van der Waals surface area contributed by atoms with Crippen molar-refractivity contribution in [3.8, 4) is 21.8 Å². The number of hydrogen-bond acceptors (Lipinski definition) is 6. The molecule has 1 aromatic carbocycles. The molecule has 0 bridgehead atoms. The van der Waals surface area contributed by atoms with Gasteiger partial charge in [0.25, 0.3) is 0 Å². The molecule has 6 heteroatoms. The third-order valence-electron chi connectivity index (χ3n) is 3.52. The lowest BCUT2D eigenvalue weighted by Gasteiger charge is -2.08. The van der Waals surface area contributed by atoms with Crippen molar-refractivity contribution in [2.75, 3.05) is 5.73 Å². The molecule has 112 valence electrons. The number of aromatic nitrogens is 4. The fourth-order valence-electron chi connectivity index (χ4n) is 2.48. The number of rotatable bonds is 2. The highest BCUT2D eigenvalue weighted by molar-refractivity contribution is 7.15. The topological polar surface area (TPSA) is 77.6 Å². The van der Waals surface area contributed by atoms with Crippen molar-refractivity contribution >= 4 is 28.1 Å². The van der Waals surface area contributed by atoms with Gasteiger partial charge in [-0.05, 0) is 25.1 Å². The number of fused-ring (bicyclic) bond motifs is 1. The normalized spacial score (nSPS) is 11.0. The van der Waals surface area contributed by atoms with Crippen LogP contribution in [0.4, 0.5) is 5.82 Å². The molecule has 2 N–H and O–H groups in total. The zero-order valence-corrected chi connectivity index (χ0v) is 13.2. The second-order valence-electron chi connectivity index (χ2n) is 5.15. The van der Waals surface area contributed by atoms with Crippen molar-refractivity contribution in [1.82, 2.24) is 19.9 Å². The Morgan fingerprint density at radius 3 is 2.74 bits per heavy atom. The minimum Gasteiger partial charge on any atom is -0.382 e. The zero-order chi connectivity index (χ0) is 15.8. The van der Waals surface area contributed by atoms with E-state index < -0.39 is 0 Å². The molecule has 5 nitrogen and oxygen atoms in total. The molecule has 0 aliphatic rings. The molecule has 4 aromatic rings. The Morgan fingerprint density at radius 2 is 1.91 bits per heavy atom. The number of benzene rings is 1. The summed E-state index contributed by atoms with van der Waals surface area (Å²) >= 11 is 1.58. The van der Waals surface area contributed by atoms with Gasteiger partial charge in [-0.25, -0.2) is 9.97 Å². The summed E-state index contributed by atoms with van der Waals surface area (Å²) in [6.45, 7) is 1.97. The Hall–Kier alpha value is -2.86. The van der Waals surface area contributed by atoms with Gasteiger partial charge in [-0.1, -0.05) is 12.1 Å². The van der Waals surface area contributed by atoms with E-state index in [1.165, 1.54) is 0 Å². The zero-order valence-electron chi connectivity index (χ0n) is 12.4. The number of nitrogen functional groups attached to an aromatic ring is 1. The highest BCUT2D eigenvalue weighted by Gasteiger charge is 2.14. The van der Waals surface area contributed by atoms with Gasteiger partial charge in [-0.15, -0.1) is 11.3 Å². The van der Waals surface area contributed by atoms with E-state index in [9.17, 15) is 0 Å². The standard InChI is InChI=1S/C17H13N5S/c1-10-20-8-14(23-10)17-16(21-9-15(18)22-17)12-4-5-13-11(7-12)3-2-6-19-13/h2-9H,1H3,(H2,18,22). The predicted molar refractivity (Wildman–Crippen MR) is 93.0 cm³/mol. The summed E-state index contributed by atoms with van der Waals surface area (Å²) in [7, 11) is 0. The number of anilines is 1. The number of nitrogens with zero attached hydrogens (tertiary/aromatic N) is 4. The number of hydrogen-bond donors (Lipinski definition) is 1. The maximum Gasteiger partial charge on any atom is 0.142 e. The maximum absolute atomic E-state index is 5.84. The van der Waals surface area contributed by atoms with Gasteiger partial charge in [0.2, 0.25) is 0 Å². The molecule has 0 amide bonds. The largest absolute Gasteiger partial charge is 0.382 e. The average molecular weight is 319 g/mol. The lowest BCUT2D eigenvalue weighted by Crippen LogP contribution is -1.97. The van der Waals surface area contributed by atoms with Gasteiger partial charge in [0.1, 0.15) is 11.5 Å². The van der Waals surface area contributed by atoms with Crippen LogP contribution in [0, 0.1) is 6.92 Å². The lowest BCUT2D eigenvalue weighted by molar-refractivity contribution is 1.22. The minimum absolute atomic E-state index is 0.400. The SMILES string of the molecule is Cc1ncc(-c2nc(N)cnc2-c2ccc3ncccc3c2)s1. The Labute approximate surface area is 136 Å². The Bertz CT molecular complexity index is 1010. The smallest absolute Gasteiger partial charge is 0.142 e. The van der Waals surface area contributed by atoms with Gasteiger partial charge >= 0.3 is 0 Å². The summed E-state index contributed by atoms with van der Waals surface area (Å²) in [4.78, 5) is 18.6. The van der Waals surface area contributed by atoms with Crippen LogP contribution < -0.4 is 5.73 Å². The molecule has 0 aliphatic heterocycles. The van der Waals surface area contributed by atoms with E-state index in [0.29, 0.717) is 5.82 Å².